The number of hydrogen-bond donors (Lipinski definition) is 0. The first kappa shape index (κ1) is 69.7. The van der Waals surface area contributed by atoms with Crippen LogP contribution in [0.25, 0.3) is 33.4 Å². The summed E-state index contributed by atoms with van der Waals surface area (Å²) in [6.07, 6.45) is 22.1. The van der Waals surface area contributed by atoms with Crippen molar-refractivity contribution in [3.8, 4) is 22.5 Å². The first-order valence-electron chi connectivity index (χ1n) is 36.0. The van der Waals surface area contributed by atoms with Gasteiger partial charge in [-0.15, -0.1) is 0 Å². The number of carbonyl (C=O) groups is 4. The van der Waals surface area contributed by atoms with E-state index in [2.05, 4.69) is 224 Å². The minimum Gasteiger partial charge on any atom is -0.456 e. The van der Waals surface area contributed by atoms with Gasteiger partial charge in [0.2, 0.25) is 38.6 Å². The average Bonchev–Trinajstić information content (AvgIpc) is 1.53. The van der Waals surface area contributed by atoms with Crippen LogP contribution in [-0.2, 0) is 52.9 Å². The first-order valence-corrected chi connectivity index (χ1v) is 38.8. The van der Waals surface area contributed by atoms with E-state index in [1.807, 2.05) is 18.2 Å². The van der Waals surface area contributed by atoms with Gasteiger partial charge in [0.25, 0.3) is 0 Å². The zero-order valence-corrected chi connectivity index (χ0v) is 60.7. The zero-order chi connectivity index (χ0) is 69.9. The average molecular weight is 1380 g/mol. The summed E-state index contributed by atoms with van der Waals surface area (Å²) >= 11 is 1.75. The topological polar surface area (TPSA) is 135 Å². The Labute approximate surface area is 594 Å². The van der Waals surface area contributed by atoms with Crippen LogP contribution < -0.4 is 19.7 Å². The molecule has 1 aliphatic carbocycles. The van der Waals surface area contributed by atoms with Crippen molar-refractivity contribution < 1.29 is 36.6 Å². The molecule has 0 radical (unpaired) electrons. The van der Waals surface area contributed by atoms with Crippen LogP contribution in [0.3, 0.4) is 0 Å². The molecular formula is C85H94N6O7S2+2. The lowest BCUT2D eigenvalue weighted by Crippen LogP contribution is -2.40. The Morgan fingerprint density at radius 3 is 2.13 bits per heavy atom. The second kappa shape index (κ2) is 29.8. The first-order chi connectivity index (χ1) is 48.3. The van der Waals surface area contributed by atoms with Crippen LogP contribution in [0.5, 0.6) is 0 Å². The highest BCUT2D eigenvalue weighted by Gasteiger charge is 2.43. The number of Topliss-reactive ketones (excluding diaryl/α,β-unsaturated/α-hetero) is 2. The van der Waals surface area contributed by atoms with Gasteiger partial charge in [-0.25, -0.2) is 8.42 Å². The fourth-order valence-electron chi connectivity index (χ4n) is 16.2. The highest BCUT2D eigenvalue weighted by Crippen LogP contribution is 2.49. The predicted octanol–water partition coefficient (Wildman–Crippen LogP) is 16.5. The Morgan fingerprint density at radius 1 is 0.660 bits per heavy atom. The van der Waals surface area contributed by atoms with Gasteiger partial charge in [0.1, 0.15) is 30.0 Å². The van der Waals surface area contributed by atoms with E-state index in [0.29, 0.717) is 81.5 Å². The molecule has 2 amide bonds. The molecule has 0 bridgehead atoms. The van der Waals surface area contributed by atoms with Crippen molar-refractivity contribution in [2.24, 2.45) is 11.8 Å². The van der Waals surface area contributed by atoms with Crippen LogP contribution in [0, 0.1) is 11.8 Å². The van der Waals surface area contributed by atoms with Crippen LogP contribution in [-0.4, -0.2) is 110 Å². The molecule has 2 saturated heterocycles. The van der Waals surface area contributed by atoms with Crippen molar-refractivity contribution in [1.82, 2.24) is 13.8 Å². The van der Waals surface area contributed by atoms with Crippen molar-refractivity contribution in [2.75, 3.05) is 68.1 Å². The van der Waals surface area contributed by atoms with Gasteiger partial charge in [-0.2, -0.15) is 25.2 Å². The molecule has 0 aromatic heterocycles. The number of piperidine rings is 1. The van der Waals surface area contributed by atoms with Crippen molar-refractivity contribution in [2.45, 2.75) is 134 Å². The predicted molar refractivity (Wildman–Crippen MR) is 406 cm³/mol. The number of unbranched alkanes of at least 4 members (excludes halogenated alkanes) is 2. The number of fused-ring (bicyclic) bond motifs is 6. The van der Waals surface area contributed by atoms with Crippen LogP contribution in [0.2, 0.25) is 0 Å². The molecule has 6 aromatic carbocycles. The number of rotatable bonds is 22. The zero-order valence-electron chi connectivity index (χ0n) is 59.1. The minimum atomic E-state index is -3.89. The summed E-state index contributed by atoms with van der Waals surface area (Å²) in [5.41, 5.74) is 16.8. The summed E-state index contributed by atoms with van der Waals surface area (Å²) < 4.78 is 42.3. The molecule has 7 aliphatic heterocycles. The third-order valence-electron chi connectivity index (χ3n) is 21.7. The van der Waals surface area contributed by atoms with Crippen molar-refractivity contribution in [3.05, 3.63) is 221 Å². The van der Waals surface area contributed by atoms with E-state index in [9.17, 15) is 27.6 Å². The maximum Gasteiger partial charge on any atom is 0.243 e. The molecule has 7 heterocycles. The van der Waals surface area contributed by atoms with Gasteiger partial charge in [-0.3, -0.25) is 24.1 Å². The molecule has 8 aliphatic rings. The summed E-state index contributed by atoms with van der Waals surface area (Å²) in [5, 5.41) is 1.90. The molecule has 2 fully saturated rings. The maximum atomic E-state index is 14.6. The second-order valence-electron chi connectivity index (χ2n) is 28.8. The van der Waals surface area contributed by atoms with Gasteiger partial charge in [0.15, 0.2) is 12.3 Å². The Balaban J connectivity index is 0.000000182. The Bertz CT molecular complexity index is 4760. The van der Waals surface area contributed by atoms with Crippen LogP contribution in [0.1, 0.15) is 128 Å². The Kier molecular flexibility index (Phi) is 20.8. The minimum absolute atomic E-state index is 0.0437. The Morgan fingerprint density at radius 2 is 1.36 bits per heavy atom. The SMILES string of the molecule is CC1CC(=O)N(CCCC(=O)CCCCCN2C(=CC=CC=CC3=[N+](C)c4ccccc4C3(C)C)C(C)(C)c3ccccc32)C1=O.CSCCCC(=O)C1CCN(S(=O)(=O)c2ccccc2-c2c3ccc(=[N+]4CCc5ccccc54)cc-3oc3cc(N4CCc5ccccc54)ccc23)CC1. The highest BCUT2D eigenvalue weighted by molar-refractivity contribution is 7.98. The third-order valence-corrected chi connectivity index (χ3v) is 24.3. The number of para-hydroxylation sites is 4. The van der Waals surface area contributed by atoms with E-state index < -0.39 is 10.0 Å². The largest absolute Gasteiger partial charge is 0.456 e. The summed E-state index contributed by atoms with van der Waals surface area (Å²) in [4.78, 5) is 55.9. The van der Waals surface area contributed by atoms with Crippen molar-refractivity contribution in [3.63, 3.8) is 0 Å². The molecule has 1 unspecified atom stereocenters. The summed E-state index contributed by atoms with van der Waals surface area (Å²) in [6.45, 7) is 14.7. The molecule has 516 valence electrons. The fourth-order valence-corrected chi connectivity index (χ4v) is 18.3. The number of likely N-dealkylation sites (tertiary alicyclic amines) is 1. The van der Waals surface area contributed by atoms with Gasteiger partial charge >= 0.3 is 0 Å². The standard InChI is InChI=1S/C45H44N3O4S2.C40H50N3O3/c1-53-28-8-14-41(49)33-20-24-46(25-21-33)54(50,51)44-15-7-4-11-38(44)45-36-18-16-34(47-26-22-31-9-2-5-12-39(31)47)29-42(36)52-43-30-35(17-19-37(43)45)48-27-23-32-10-3-6-13-40(32)48;1-29-28-37(45)43(38(29)46)27-17-19-30(44)18-9-8-16-26-42-34-23-15-13-21-32(34)40(4,5)36(42)25-11-7-10-24-35-39(2,3)31-20-12-14-22-33(31)41(35)6/h2-7,9-13,15-19,29-30,33H,8,14,20-28H2,1H3;7,10-15,20-25,29H,8-9,16-19,26-28H2,1-6H3/q2*+1. The molecule has 15 heteroatoms. The van der Waals surface area contributed by atoms with Crippen LogP contribution in [0.4, 0.5) is 28.4 Å². The number of thioether (sulfide) groups is 1. The number of allylic oxidation sites excluding steroid dienone is 6. The molecule has 0 spiro atoms. The van der Waals surface area contributed by atoms with E-state index in [1.54, 1.807) is 29.1 Å². The molecule has 100 heavy (non-hydrogen) atoms. The van der Waals surface area contributed by atoms with E-state index in [4.69, 9.17) is 4.42 Å². The number of hydrogen-bond acceptors (Lipinski definition) is 10. The molecule has 0 N–H and O–H groups in total. The van der Waals surface area contributed by atoms with Gasteiger partial charge in [-0.05, 0) is 124 Å². The van der Waals surface area contributed by atoms with Gasteiger partial charge in [0.05, 0.1) is 16.4 Å². The molecular weight excluding hydrogens is 1280 g/mol. The number of nitrogens with zero attached hydrogens (tertiary/aromatic N) is 6. The van der Waals surface area contributed by atoms with E-state index in [-0.39, 0.29) is 50.9 Å². The van der Waals surface area contributed by atoms with Crippen molar-refractivity contribution >= 4 is 90.3 Å². The smallest absolute Gasteiger partial charge is 0.243 e. The number of ketones is 2. The van der Waals surface area contributed by atoms with E-state index >= 15 is 0 Å². The number of anilines is 3. The molecule has 13 nitrogen and oxygen atoms in total. The number of benzene rings is 7. The monoisotopic (exact) mass is 1370 g/mol. The lowest BCUT2D eigenvalue weighted by molar-refractivity contribution is -0.401. The molecule has 14 rings (SSSR count). The lowest BCUT2D eigenvalue weighted by atomic mass is 9.81. The Hall–Kier alpha value is -8.76. The van der Waals surface area contributed by atoms with E-state index in [0.717, 1.165) is 91.5 Å². The normalized spacial score (nSPS) is 19.0. The second-order valence-corrected chi connectivity index (χ2v) is 31.6. The number of imide groups is 1. The maximum absolute atomic E-state index is 14.6. The van der Waals surface area contributed by atoms with Crippen LogP contribution >= 0.6 is 11.8 Å². The van der Waals surface area contributed by atoms with Gasteiger partial charge in [-0.1, -0.05) is 136 Å². The van der Waals surface area contributed by atoms with E-state index in [1.165, 1.54) is 61.3 Å². The fraction of sp³-hybridized carbons (Fsp3) is 0.365. The number of sulfonamides is 1. The summed E-state index contributed by atoms with van der Waals surface area (Å²) in [7, 11) is -1.74. The number of carbonyl (C=O) groups excluding carboxylic acids is 4. The summed E-state index contributed by atoms with van der Waals surface area (Å²) in [6, 6.07) is 54.4. The molecule has 1 atom stereocenters. The molecule has 6 aromatic rings. The third kappa shape index (κ3) is 13.9. The lowest BCUT2D eigenvalue weighted by Gasteiger charge is -2.31. The van der Waals surface area contributed by atoms with Gasteiger partial charge in [0, 0.05) is 168 Å². The van der Waals surface area contributed by atoms with Crippen molar-refractivity contribution in [1.29, 1.82) is 0 Å². The molecule has 0 saturated carbocycles. The van der Waals surface area contributed by atoms with Crippen LogP contribution in [0.15, 0.2) is 203 Å². The van der Waals surface area contributed by atoms with Gasteiger partial charge < -0.3 is 14.2 Å². The summed E-state index contributed by atoms with van der Waals surface area (Å²) in [5.74, 6) is 1.63. The quantitative estimate of drug-likeness (QED) is 0.0212. The highest BCUT2D eigenvalue weighted by atomic mass is 32.2. The number of amides is 2.